The molecule has 0 radical (unpaired) electrons. The number of hydrogen-bond acceptors (Lipinski definition) is 5. The van der Waals surface area contributed by atoms with Crippen molar-refractivity contribution in [2.45, 2.75) is 6.42 Å². The van der Waals surface area contributed by atoms with E-state index in [1.54, 1.807) is 24.4 Å². The predicted octanol–water partition coefficient (Wildman–Crippen LogP) is 2.78. The number of hydrogen-bond donors (Lipinski definition) is 2. The van der Waals surface area contributed by atoms with Crippen LogP contribution in [0.2, 0.25) is 0 Å². The Morgan fingerprint density at radius 2 is 2.14 bits per heavy atom. The minimum absolute atomic E-state index is 0.126. The molecule has 1 aromatic heterocycles. The smallest absolute Gasteiger partial charge is 0.374 e. The van der Waals surface area contributed by atoms with Crippen molar-refractivity contribution in [1.29, 1.82) is 0 Å². The largest absolute Gasteiger partial charge is 0.398 e. The van der Waals surface area contributed by atoms with E-state index in [2.05, 4.69) is 21.7 Å². The van der Waals surface area contributed by atoms with E-state index in [0.717, 1.165) is 11.3 Å². The lowest BCUT2D eigenvalue weighted by Gasteiger charge is -2.16. The van der Waals surface area contributed by atoms with Crippen LogP contribution < -0.4 is 10.6 Å². The highest BCUT2D eigenvalue weighted by Crippen LogP contribution is 2.32. The molecule has 2 heterocycles. The number of carbonyl (C=O) groups excluding carboxylic acids is 1. The number of anilines is 1. The number of nitrogens with zero attached hydrogens (tertiary/aromatic N) is 3. The molecule has 0 bridgehead atoms. The van der Waals surface area contributed by atoms with Crippen LogP contribution in [0.3, 0.4) is 0 Å². The summed E-state index contributed by atoms with van der Waals surface area (Å²) in [5.74, 6) is 2.13. The molecule has 4 rings (SSSR count). The number of benzene rings is 2. The maximum atomic E-state index is 12.0. The molecule has 0 spiro atoms. The van der Waals surface area contributed by atoms with Crippen molar-refractivity contribution in [2.24, 2.45) is 0 Å². The topological polar surface area (TPSA) is 102 Å². The fourth-order valence-corrected chi connectivity index (χ4v) is 3.34. The molecule has 0 atom stereocenters. The lowest BCUT2D eigenvalue weighted by Crippen LogP contribution is -2.31. The van der Waals surface area contributed by atoms with Gasteiger partial charge in [0.1, 0.15) is 5.56 Å². The van der Waals surface area contributed by atoms with Gasteiger partial charge in [-0.25, -0.2) is 0 Å². The minimum atomic E-state index is -0.502. The van der Waals surface area contributed by atoms with Gasteiger partial charge in [0.15, 0.2) is 0 Å². The van der Waals surface area contributed by atoms with Gasteiger partial charge >= 0.3 is 5.82 Å². The van der Waals surface area contributed by atoms with Crippen LogP contribution in [0.5, 0.6) is 0 Å². The average molecular weight is 387 g/mol. The van der Waals surface area contributed by atoms with Crippen LogP contribution in [0.1, 0.15) is 15.9 Å². The predicted molar refractivity (Wildman–Crippen MR) is 109 cm³/mol. The Labute approximate surface area is 166 Å². The van der Waals surface area contributed by atoms with E-state index in [-0.39, 0.29) is 11.7 Å². The Kier molecular flexibility index (Phi) is 4.71. The van der Waals surface area contributed by atoms with Crippen LogP contribution in [-0.2, 0) is 6.42 Å². The molecule has 0 saturated heterocycles. The monoisotopic (exact) mass is 387 g/mol. The van der Waals surface area contributed by atoms with E-state index in [4.69, 9.17) is 6.42 Å². The Morgan fingerprint density at radius 1 is 1.28 bits per heavy atom. The van der Waals surface area contributed by atoms with Crippen LogP contribution in [0.25, 0.3) is 16.8 Å². The van der Waals surface area contributed by atoms with Gasteiger partial charge in [0.2, 0.25) is 0 Å². The summed E-state index contributed by atoms with van der Waals surface area (Å²) in [5.41, 5.74) is 3.97. The Morgan fingerprint density at radius 3 is 2.93 bits per heavy atom. The van der Waals surface area contributed by atoms with Gasteiger partial charge < -0.3 is 20.7 Å². The molecule has 1 amide bonds. The fourth-order valence-electron chi connectivity index (χ4n) is 3.34. The van der Waals surface area contributed by atoms with Gasteiger partial charge in [0.05, 0.1) is 23.5 Å². The Bertz CT molecular complexity index is 1160. The van der Waals surface area contributed by atoms with Crippen LogP contribution in [0.4, 0.5) is 11.5 Å². The number of nitro groups is 1. The van der Waals surface area contributed by atoms with Crippen molar-refractivity contribution in [2.75, 3.05) is 18.4 Å². The molecular weight excluding hydrogens is 370 g/mol. The number of aromatic nitrogens is 2. The van der Waals surface area contributed by atoms with Crippen molar-refractivity contribution in [3.63, 3.8) is 0 Å². The molecule has 0 saturated carbocycles. The first-order valence-corrected chi connectivity index (χ1v) is 9.00. The van der Waals surface area contributed by atoms with E-state index < -0.39 is 4.92 Å². The lowest BCUT2D eigenvalue weighted by molar-refractivity contribution is -0.389. The SMILES string of the molecule is C#CCNc1cccc(-n2cc(-c3ccc4c(c3)CCNC4=O)c([N+](=O)[O-])n2)c1. The highest BCUT2D eigenvalue weighted by Gasteiger charge is 2.25. The van der Waals surface area contributed by atoms with E-state index in [9.17, 15) is 14.9 Å². The molecule has 0 aliphatic carbocycles. The number of nitrogens with one attached hydrogen (secondary N) is 2. The number of carbonyl (C=O) groups is 1. The van der Waals surface area contributed by atoms with E-state index in [0.29, 0.717) is 41.9 Å². The van der Waals surface area contributed by atoms with E-state index >= 15 is 0 Å². The second kappa shape index (κ2) is 7.48. The molecule has 29 heavy (non-hydrogen) atoms. The van der Waals surface area contributed by atoms with Crippen LogP contribution in [-0.4, -0.2) is 33.7 Å². The Hall–Kier alpha value is -4.12. The number of fused-ring (bicyclic) bond motifs is 1. The van der Waals surface area contributed by atoms with Gasteiger partial charge in [-0.05, 0) is 52.8 Å². The van der Waals surface area contributed by atoms with Crippen LogP contribution in [0, 0.1) is 22.5 Å². The summed E-state index contributed by atoms with van der Waals surface area (Å²) in [4.78, 5) is 23.1. The molecule has 2 N–H and O–H groups in total. The third kappa shape index (κ3) is 3.53. The van der Waals surface area contributed by atoms with E-state index in [1.165, 1.54) is 4.68 Å². The third-order valence-electron chi connectivity index (χ3n) is 4.71. The summed E-state index contributed by atoms with van der Waals surface area (Å²) in [6.45, 7) is 0.921. The quantitative estimate of drug-likeness (QED) is 0.398. The molecule has 1 aliphatic heterocycles. The van der Waals surface area contributed by atoms with Gasteiger partial charge in [0.25, 0.3) is 5.91 Å². The molecule has 3 aromatic rings. The van der Waals surface area contributed by atoms with Crippen molar-refractivity contribution < 1.29 is 9.72 Å². The van der Waals surface area contributed by atoms with Gasteiger partial charge in [-0.15, -0.1) is 11.1 Å². The highest BCUT2D eigenvalue weighted by molar-refractivity contribution is 5.97. The summed E-state index contributed by atoms with van der Waals surface area (Å²) in [6.07, 6.45) is 7.58. The molecule has 0 unspecified atom stereocenters. The molecule has 0 fully saturated rings. The second-order valence-electron chi connectivity index (χ2n) is 6.55. The standard InChI is InChI=1S/C21H17N5O3/c1-2-9-22-16-4-3-5-17(12-16)25-13-19(20(24-25)26(28)29)14-6-7-18-15(11-14)8-10-23-21(18)27/h1,3-7,11-13,22H,8-10H2,(H,23,27). The highest BCUT2D eigenvalue weighted by atomic mass is 16.6. The first-order valence-electron chi connectivity index (χ1n) is 9.00. The summed E-state index contributed by atoms with van der Waals surface area (Å²) < 4.78 is 1.47. The summed E-state index contributed by atoms with van der Waals surface area (Å²) in [5, 5.41) is 21.7. The average Bonchev–Trinajstić information content (AvgIpc) is 3.18. The van der Waals surface area contributed by atoms with Gasteiger partial charge in [-0.2, -0.15) is 0 Å². The molecule has 8 heteroatoms. The molecule has 8 nitrogen and oxygen atoms in total. The van der Waals surface area contributed by atoms with Gasteiger partial charge in [0, 0.05) is 17.8 Å². The second-order valence-corrected chi connectivity index (χ2v) is 6.55. The van der Waals surface area contributed by atoms with Crippen molar-refractivity contribution in [3.8, 4) is 29.2 Å². The Balaban J connectivity index is 1.76. The van der Waals surface area contributed by atoms with Crippen LogP contribution in [0.15, 0.2) is 48.7 Å². The molecule has 2 aromatic carbocycles. The van der Waals surface area contributed by atoms with Gasteiger partial charge in [-0.3, -0.25) is 4.79 Å². The maximum absolute atomic E-state index is 12.0. The van der Waals surface area contributed by atoms with Crippen molar-refractivity contribution in [1.82, 2.24) is 15.1 Å². The van der Waals surface area contributed by atoms with E-state index in [1.807, 2.05) is 24.3 Å². The first kappa shape index (κ1) is 18.3. The number of amides is 1. The summed E-state index contributed by atoms with van der Waals surface area (Å²) in [7, 11) is 0. The van der Waals surface area contributed by atoms with Crippen LogP contribution >= 0.6 is 0 Å². The zero-order valence-electron chi connectivity index (χ0n) is 15.4. The number of terminal acetylenes is 1. The number of rotatable bonds is 5. The molecule has 144 valence electrons. The fraction of sp³-hybridized carbons (Fsp3) is 0.143. The summed E-state index contributed by atoms with van der Waals surface area (Å²) >= 11 is 0. The normalized spacial score (nSPS) is 12.6. The maximum Gasteiger partial charge on any atom is 0.398 e. The third-order valence-corrected chi connectivity index (χ3v) is 4.71. The summed E-state index contributed by atoms with van der Waals surface area (Å²) in [6, 6.07) is 12.5. The first-order chi connectivity index (χ1) is 14.1. The zero-order chi connectivity index (χ0) is 20.4. The van der Waals surface area contributed by atoms with Crippen molar-refractivity contribution >= 4 is 17.4 Å². The van der Waals surface area contributed by atoms with Crippen molar-refractivity contribution in [3.05, 3.63) is 69.9 Å². The zero-order valence-corrected chi connectivity index (χ0v) is 15.4. The van der Waals surface area contributed by atoms with Gasteiger partial charge in [-0.1, -0.05) is 18.1 Å². The minimum Gasteiger partial charge on any atom is -0.374 e. The molecular formula is C21H17N5O3. The lowest BCUT2D eigenvalue weighted by atomic mass is 9.96. The molecule has 1 aliphatic rings.